The summed E-state index contributed by atoms with van der Waals surface area (Å²) in [6.07, 6.45) is 4.48. The molecule has 2 N–H and O–H groups in total. The number of carbonyl (C=O) groups is 2. The molecule has 0 atom stereocenters. The van der Waals surface area contributed by atoms with Crippen LogP contribution in [0.1, 0.15) is 33.6 Å². The zero-order chi connectivity index (χ0) is 19.4. The molecule has 0 bridgehead atoms. The second kappa shape index (κ2) is 8.03. The summed E-state index contributed by atoms with van der Waals surface area (Å²) < 4.78 is 26.8. The first kappa shape index (κ1) is 19.3. The molecule has 0 aliphatic carbocycles. The van der Waals surface area contributed by atoms with Gasteiger partial charge in [0.1, 0.15) is 4.90 Å². The molecule has 8 nitrogen and oxygen atoms in total. The Kier molecular flexibility index (Phi) is 5.73. The minimum absolute atomic E-state index is 0.0410. The van der Waals surface area contributed by atoms with Gasteiger partial charge in [0.15, 0.2) is 0 Å². The summed E-state index contributed by atoms with van der Waals surface area (Å²) in [5.74, 6) is -1.18. The fraction of sp³-hybridized carbons (Fsp3) is 0.235. The molecule has 1 saturated heterocycles. The van der Waals surface area contributed by atoms with E-state index in [9.17, 15) is 18.0 Å². The molecule has 1 aliphatic heterocycles. The number of carbonyl (C=O) groups excluding carboxylic acids is 2. The summed E-state index contributed by atoms with van der Waals surface area (Å²) in [7, 11) is -3.77. The molecular formula is C17H17ClN4O4S. The quantitative estimate of drug-likeness (QED) is 0.747. The number of hydrogen-bond acceptors (Lipinski definition) is 5. The summed E-state index contributed by atoms with van der Waals surface area (Å²) >= 11 is 6.06. The Morgan fingerprint density at radius 1 is 0.963 bits per heavy atom. The maximum atomic E-state index is 12.7. The van der Waals surface area contributed by atoms with E-state index in [1.165, 1.54) is 47.0 Å². The lowest BCUT2D eigenvalue weighted by molar-refractivity contribution is 0.0846. The van der Waals surface area contributed by atoms with E-state index >= 15 is 0 Å². The minimum Gasteiger partial charge on any atom is -0.267 e. The summed E-state index contributed by atoms with van der Waals surface area (Å²) in [5.41, 5.74) is 4.90. The van der Waals surface area contributed by atoms with Crippen LogP contribution in [-0.4, -0.2) is 42.6 Å². The van der Waals surface area contributed by atoms with E-state index in [-0.39, 0.29) is 15.5 Å². The first-order chi connectivity index (χ1) is 12.9. The molecule has 0 unspecified atom stereocenters. The molecule has 142 valence electrons. The summed E-state index contributed by atoms with van der Waals surface area (Å²) in [6.45, 7) is 0.855. The zero-order valence-corrected chi connectivity index (χ0v) is 15.8. The van der Waals surface area contributed by atoms with Crippen LogP contribution in [-0.2, 0) is 10.0 Å². The molecule has 2 heterocycles. The van der Waals surface area contributed by atoms with E-state index in [4.69, 9.17) is 11.6 Å². The van der Waals surface area contributed by atoms with Crippen LogP contribution in [0.4, 0.5) is 0 Å². The second-order valence-electron chi connectivity index (χ2n) is 5.90. The maximum absolute atomic E-state index is 12.7. The van der Waals surface area contributed by atoms with Gasteiger partial charge in [-0.05, 0) is 43.2 Å². The van der Waals surface area contributed by atoms with E-state index in [1.807, 2.05) is 0 Å². The van der Waals surface area contributed by atoms with Crippen molar-refractivity contribution in [2.24, 2.45) is 0 Å². The van der Waals surface area contributed by atoms with Crippen LogP contribution in [0.2, 0.25) is 5.02 Å². The molecule has 0 radical (unpaired) electrons. The van der Waals surface area contributed by atoms with Crippen molar-refractivity contribution >= 4 is 33.4 Å². The molecule has 10 heteroatoms. The van der Waals surface area contributed by atoms with Gasteiger partial charge in [-0.3, -0.25) is 25.4 Å². The van der Waals surface area contributed by atoms with Crippen molar-refractivity contribution in [3.8, 4) is 0 Å². The smallest absolute Gasteiger partial charge is 0.267 e. The summed E-state index contributed by atoms with van der Waals surface area (Å²) in [6, 6.07) is 6.93. The number of rotatable bonds is 4. The average molecular weight is 409 g/mol. The molecule has 2 amide bonds. The topological polar surface area (TPSA) is 108 Å². The van der Waals surface area contributed by atoms with E-state index < -0.39 is 21.8 Å². The fourth-order valence-corrected chi connectivity index (χ4v) is 4.69. The normalized spacial score (nSPS) is 14.7. The lowest BCUT2D eigenvalue weighted by Crippen LogP contribution is -2.41. The van der Waals surface area contributed by atoms with Crippen molar-refractivity contribution in [2.75, 3.05) is 13.1 Å². The Balaban J connectivity index is 1.75. The molecule has 1 aromatic heterocycles. The molecule has 1 fully saturated rings. The highest BCUT2D eigenvalue weighted by Gasteiger charge is 2.29. The van der Waals surface area contributed by atoms with Gasteiger partial charge in [0.05, 0.1) is 5.02 Å². The third kappa shape index (κ3) is 4.26. The van der Waals surface area contributed by atoms with Crippen LogP contribution in [0.15, 0.2) is 47.6 Å². The Hall–Kier alpha value is -2.49. The predicted molar refractivity (Wildman–Crippen MR) is 98.6 cm³/mol. The molecule has 3 rings (SSSR count). The molecular weight excluding hydrogens is 392 g/mol. The van der Waals surface area contributed by atoms with Gasteiger partial charge in [0, 0.05) is 36.6 Å². The molecule has 0 spiro atoms. The van der Waals surface area contributed by atoms with Gasteiger partial charge in [-0.25, -0.2) is 8.42 Å². The van der Waals surface area contributed by atoms with E-state index in [0.717, 1.165) is 12.8 Å². The first-order valence-electron chi connectivity index (χ1n) is 8.20. The standard InChI is InChI=1S/C17H17ClN4O4S/c18-14-4-3-13(11-15(14)27(25,26)22-9-1-2-10-22)17(24)21-20-16(23)12-5-7-19-8-6-12/h3-8,11H,1-2,9-10H2,(H,20,23)(H,21,24). The number of benzene rings is 1. The van der Waals surface area contributed by atoms with Gasteiger partial charge in [-0.15, -0.1) is 0 Å². The van der Waals surface area contributed by atoms with Gasteiger partial charge in [-0.2, -0.15) is 4.31 Å². The summed E-state index contributed by atoms with van der Waals surface area (Å²) in [4.78, 5) is 27.9. The number of hydrazine groups is 1. The number of sulfonamides is 1. The van der Waals surface area contributed by atoms with Crippen LogP contribution in [0.25, 0.3) is 0 Å². The number of hydrogen-bond donors (Lipinski definition) is 2. The largest absolute Gasteiger partial charge is 0.269 e. The third-order valence-electron chi connectivity index (χ3n) is 4.11. The number of halogens is 1. The number of pyridine rings is 1. The Morgan fingerprint density at radius 2 is 1.56 bits per heavy atom. The Labute approximate surface area is 161 Å². The minimum atomic E-state index is -3.77. The van der Waals surface area contributed by atoms with Crippen molar-refractivity contribution in [3.63, 3.8) is 0 Å². The van der Waals surface area contributed by atoms with E-state index in [2.05, 4.69) is 15.8 Å². The van der Waals surface area contributed by atoms with Crippen molar-refractivity contribution in [1.29, 1.82) is 0 Å². The van der Waals surface area contributed by atoms with Crippen LogP contribution in [0.3, 0.4) is 0 Å². The lowest BCUT2D eigenvalue weighted by Gasteiger charge is -2.17. The molecule has 27 heavy (non-hydrogen) atoms. The SMILES string of the molecule is O=C(NNC(=O)c1ccc(Cl)c(S(=O)(=O)N2CCCC2)c1)c1ccncc1. The monoisotopic (exact) mass is 408 g/mol. The van der Waals surface area contributed by atoms with Gasteiger partial charge < -0.3 is 0 Å². The average Bonchev–Trinajstić information content (AvgIpc) is 3.22. The van der Waals surface area contributed by atoms with Crippen LogP contribution >= 0.6 is 11.6 Å². The van der Waals surface area contributed by atoms with Gasteiger partial charge in [0.2, 0.25) is 10.0 Å². The summed E-state index contributed by atoms with van der Waals surface area (Å²) in [5, 5.41) is 0.0410. The van der Waals surface area contributed by atoms with E-state index in [1.54, 1.807) is 0 Å². The Bertz CT molecular complexity index is 960. The zero-order valence-electron chi connectivity index (χ0n) is 14.2. The highest BCUT2D eigenvalue weighted by molar-refractivity contribution is 7.89. The second-order valence-corrected chi connectivity index (χ2v) is 8.21. The maximum Gasteiger partial charge on any atom is 0.269 e. The molecule has 1 aromatic carbocycles. The van der Waals surface area contributed by atoms with E-state index in [0.29, 0.717) is 18.7 Å². The van der Waals surface area contributed by atoms with Gasteiger partial charge in [-0.1, -0.05) is 11.6 Å². The highest BCUT2D eigenvalue weighted by Crippen LogP contribution is 2.28. The van der Waals surface area contributed by atoms with Crippen molar-refractivity contribution in [2.45, 2.75) is 17.7 Å². The third-order valence-corrected chi connectivity index (χ3v) is 6.49. The van der Waals surface area contributed by atoms with Crippen LogP contribution < -0.4 is 10.9 Å². The number of amides is 2. The fourth-order valence-electron chi connectivity index (χ4n) is 2.67. The van der Waals surface area contributed by atoms with Crippen LogP contribution in [0, 0.1) is 0 Å². The predicted octanol–water partition coefficient (Wildman–Crippen LogP) is 1.59. The molecule has 1 aliphatic rings. The van der Waals surface area contributed by atoms with Gasteiger partial charge >= 0.3 is 0 Å². The van der Waals surface area contributed by atoms with Crippen molar-refractivity contribution in [3.05, 3.63) is 58.9 Å². The van der Waals surface area contributed by atoms with Crippen molar-refractivity contribution < 1.29 is 18.0 Å². The molecule has 0 saturated carbocycles. The molecule has 2 aromatic rings. The highest BCUT2D eigenvalue weighted by atomic mass is 35.5. The number of aromatic nitrogens is 1. The number of nitrogens with zero attached hydrogens (tertiary/aromatic N) is 2. The lowest BCUT2D eigenvalue weighted by atomic mass is 10.2. The van der Waals surface area contributed by atoms with Gasteiger partial charge in [0.25, 0.3) is 11.8 Å². The Morgan fingerprint density at radius 3 is 2.19 bits per heavy atom. The van der Waals surface area contributed by atoms with Crippen molar-refractivity contribution in [1.82, 2.24) is 20.1 Å². The number of nitrogens with one attached hydrogen (secondary N) is 2. The van der Waals surface area contributed by atoms with Crippen LogP contribution in [0.5, 0.6) is 0 Å². The first-order valence-corrected chi connectivity index (χ1v) is 10.0.